The monoisotopic (exact) mass is 359 g/mol. The van der Waals surface area contributed by atoms with E-state index in [4.69, 9.17) is 14.7 Å². The molecule has 26 heavy (non-hydrogen) atoms. The van der Waals surface area contributed by atoms with Crippen LogP contribution in [0.1, 0.15) is 26.3 Å². The summed E-state index contributed by atoms with van der Waals surface area (Å²) in [6.07, 6.45) is 0. The molecule has 8 nitrogen and oxygen atoms in total. The van der Waals surface area contributed by atoms with Crippen LogP contribution in [0.25, 0.3) is 0 Å². The van der Waals surface area contributed by atoms with Gasteiger partial charge >= 0.3 is 17.9 Å². The zero-order valence-electron chi connectivity index (χ0n) is 13.6. The molecule has 0 aromatic heterocycles. The van der Waals surface area contributed by atoms with Gasteiger partial charge in [-0.15, -0.1) is 5.48 Å². The summed E-state index contributed by atoms with van der Waals surface area (Å²) in [6.45, 7) is -0.685. The summed E-state index contributed by atoms with van der Waals surface area (Å²) < 4.78 is 5.03. The van der Waals surface area contributed by atoms with Crippen molar-refractivity contribution in [2.45, 2.75) is 12.6 Å². The molecule has 8 heteroatoms. The van der Waals surface area contributed by atoms with Crippen LogP contribution in [0.5, 0.6) is 0 Å². The molecule has 0 aliphatic rings. The quantitative estimate of drug-likeness (QED) is 0.474. The molecule has 0 heterocycles. The molecule has 0 bridgehead atoms. The number of carbonyl (C=O) groups excluding carboxylic acids is 2. The number of carbonyl (C=O) groups is 3. The van der Waals surface area contributed by atoms with E-state index in [9.17, 15) is 19.5 Å². The maximum atomic E-state index is 12.0. The number of hydroxylamine groups is 1. The van der Waals surface area contributed by atoms with Gasteiger partial charge in [-0.3, -0.25) is 4.79 Å². The number of nitrogens with one attached hydrogen (secondary N) is 1. The van der Waals surface area contributed by atoms with Gasteiger partial charge in [0.15, 0.2) is 6.04 Å². The van der Waals surface area contributed by atoms with Crippen molar-refractivity contribution in [3.63, 3.8) is 0 Å². The van der Waals surface area contributed by atoms with E-state index in [0.717, 1.165) is 5.56 Å². The number of aliphatic hydroxyl groups is 1. The number of esters is 1. The highest BCUT2D eigenvalue weighted by molar-refractivity contribution is 6.02. The topological polar surface area (TPSA) is 122 Å². The van der Waals surface area contributed by atoms with Crippen molar-refractivity contribution in [2.75, 3.05) is 6.61 Å². The summed E-state index contributed by atoms with van der Waals surface area (Å²) in [7, 11) is 0. The Bertz CT molecular complexity index is 776. The lowest BCUT2D eigenvalue weighted by molar-refractivity contribution is -0.152. The molecule has 0 aliphatic carbocycles. The number of hydrogen-bond acceptors (Lipinski definition) is 7. The van der Waals surface area contributed by atoms with Crippen LogP contribution in [0.3, 0.4) is 0 Å². The van der Waals surface area contributed by atoms with Crippen molar-refractivity contribution < 1.29 is 34.2 Å². The Kier molecular flexibility index (Phi) is 6.84. The second kappa shape index (κ2) is 9.30. The fourth-order valence-electron chi connectivity index (χ4n) is 2.02. The summed E-state index contributed by atoms with van der Waals surface area (Å²) in [5.74, 6) is -3.12. The minimum absolute atomic E-state index is 0.00630. The number of aliphatic hydroxyl groups excluding tert-OH is 1. The van der Waals surface area contributed by atoms with Gasteiger partial charge in [0.1, 0.15) is 6.61 Å². The lowest BCUT2D eigenvalue weighted by atomic mass is 10.1. The normalized spacial score (nSPS) is 11.4. The molecule has 0 saturated carbocycles. The largest absolute Gasteiger partial charge is 0.478 e. The molecular weight excluding hydrogens is 342 g/mol. The lowest BCUT2D eigenvalue weighted by Crippen LogP contribution is -2.42. The molecule has 136 valence electrons. The predicted octanol–water partition coefficient (Wildman–Crippen LogP) is 1.15. The number of carboxylic acids is 1. The van der Waals surface area contributed by atoms with Gasteiger partial charge in [-0.25, -0.2) is 9.59 Å². The minimum atomic E-state index is -1.31. The number of ether oxygens (including phenoxy) is 1. The van der Waals surface area contributed by atoms with Crippen LogP contribution in [0.4, 0.5) is 0 Å². The van der Waals surface area contributed by atoms with Crippen molar-refractivity contribution in [1.82, 2.24) is 5.48 Å². The second-order valence-electron chi connectivity index (χ2n) is 5.19. The minimum Gasteiger partial charge on any atom is -0.478 e. The first-order valence-electron chi connectivity index (χ1n) is 7.63. The molecule has 2 aromatic rings. The van der Waals surface area contributed by atoms with Crippen molar-refractivity contribution in [3.05, 3.63) is 71.3 Å². The molecule has 2 aromatic carbocycles. The van der Waals surface area contributed by atoms with Crippen LogP contribution in [0, 0.1) is 0 Å². The maximum absolute atomic E-state index is 12.0. The van der Waals surface area contributed by atoms with Crippen LogP contribution in [0.2, 0.25) is 0 Å². The van der Waals surface area contributed by atoms with E-state index in [1.54, 1.807) is 24.3 Å². The Morgan fingerprint density at radius 2 is 1.58 bits per heavy atom. The molecule has 0 radical (unpaired) electrons. The van der Waals surface area contributed by atoms with Crippen molar-refractivity contribution in [2.24, 2.45) is 0 Å². The van der Waals surface area contributed by atoms with Crippen LogP contribution in [0.15, 0.2) is 54.6 Å². The van der Waals surface area contributed by atoms with Crippen LogP contribution < -0.4 is 5.48 Å². The van der Waals surface area contributed by atoms with Gasteiger partial charge in [-0.1, -0.05) is 42.5 Å². The molecule has 0 unspecified atom stereocenters. The number of benzene rings is 2. The Labute approximate surface area is 148 Å². The highest BCUT2D eigenvalue weighted by Crippen LogP contribution is 2.10. The summed E-state index contributed by atoms with van der Waals surface area (Å²) in [5, 5.41) is 18.3. The average Bonchev–Trinajstić information content (AvgIpc) is 2.67. The first kappa shape index (κ1) is 19.1. The summed E-state index contributed by atoms with van der Waals surface area (Å²) in [4.78, 5) is 39.8. The zero-order valence-corrected chi connectivity index (χ0v) is 13.6. The average molecular weight is 359 g/mol. The van der Waals surface area contributed by atoms with Gasteiger partial charge < -0.3 is 19.8 Å². The molecule has 0 amide bonds. The third-order valence-corrected chi connectivity index (χ3v) is 3.36. The summed E-state index contributed by atoms with van der Waals surface area (Å²) in [5.41, 5.74) is 2.42. The lowest BCUT2D eigenvalue weighted by Gasteiger charge is -2.15. The Morgan fingerprint density at radius 1 is 0.962 bits per heavy atom. The van der Waals surface area contributed by atoms with Crippen LogP contribution in [-0.2, 0) is 21.0 Å². The molecule has 0 saturated heterocycles. The van der Waals surface area contributed by atoms with Gasteiger partial charge in [0.25, 0.3) is 0 Å². The standard InChI is InChI=1S/C18H17NO7/c20-10-15(18(24)25-11-12-6-2-1-3-7-12)19-26-17(23)14-9-5-4-8-13(14)16(21)22/h1-9,15,19-20H,10-11H2,(H,21,22)/t15-/m0/s1. The van der Waals surface area contributed by atoms with E-state index in [-0.39, 0.29) is 17.7 Å². The van der Waals surface area contributed by atoms with E-state index in [1.165, 1.54) is 24.3 Å². The molecule has 3 N–H and O–H groups in total. The fourth-order valence-corrected chi connectivity index (χ4v) is 2.02. The number of carboxylic acid groups (broad SMARTS) is 1. The van der Waals surface area contributed by atoms with Gasteiger partial charge in [-0.2, -0.15) is 0 Å². The van der Waals surface area contributed by atoms with Crippen molar-refractivity contribution in [3.8, 4) is 0 Å². The molecule has 0 aliphatic heterocycles. The highest BCUT2D eigenvalue weighted by Gasteiger charge is 2.23. The molecule has 0 fully saturated rings. The van der Waals surface area contributed by atoms with Crippen LogP contribution in [-0.4, -0.2) is 40.8 Å². The Morgan fingerprint density at radius 3 is 2.19 bits per heavy atom. The van der Waals surface area contributed by atoms with E-state index < -0.39 is 30.6 Å². The SMILES string of the molecule is O=C(O)c1ccccc1C(=O)ON[C@@H](CO)C(=O)OCc1ccccc1. The van der Waals surface area contributed by atoms with Gasteiger partial charge in [0, 0.05) is 0 Å². The number of aromatic carboxylic acids is 1. The third-order valence-electron chi connectivity index (χ3n) is 3.36. The Hall–Kier alpha value is -3.23. The molecule has 2 rings (SSSR count). The highest BCUT2D eigenvalue weighted by atomic mass is 16.7. The van der Waals surface area contributed by atoms with Crippen molar-refractivity contribution in [1.29, 1.82) is 0 Å². The van der Waals surface area contributed by atoms with E-state index >= 15 is 0 Å². The first-order chi connectivity index (χ1) is 12.5. The Balaban J connectivity index is 1.92. The van der Waals surface area contributed by atoms with Gasteiger partial charge in [0.05, 0.1) is 17.7 Å². The van der Waals surface area contributed by atoms with E-state index in [1.807, 2.05) is 6.07 Å². The van der Waals surface area contributed by atoms with Gasteiger partial charge in [-0.05, 0) is 17.7 Å². The van der Waals surface area contributed by atoms with Crippen molar-refractivity contribution >= 4 is 17.9 Å². The second-order valence-corrected chi connectivity index (χ2v) is 5.19. The van der Waals surface area contributed by atoms with Gasteiger partial charge in [0.2, 0.25) is 0 Å². The van der Waals surface area contributed by atoms with E-state index in [0.29, 0.717) is 0 Å². The summed E-state index contributed by atoms with van der Waals surface area (Å²) in [6, 6.07) is 13.1. The third kappa shape index (κ3) is 5.13. The first-order valence-corrected chi connectivity index (χ1v) is 7.63. The number of hydrogen-bond donors (Lipinski definition) is 3. The van der Waals surface area contributed by atoms with Crippen LogP contribution >= 0.6 is 0 Å². The number of rotatable bonds is 8. The smallest absolute Gasteiger partial charge is 0.357 e. The zero-order chi connectivity index (χ0) is 18.9. The molecule has 1 atom stereocenters. The predicted molar refractivity (Wildman–Crippen MR) is 89.1 cm³/mol. The maximum Gasteiger partial charge on any atom is 0.357 e. The summed E-state index contributed by atoms with van der Waals surface area (Å²) >= 11 is 0. The molecular formula is C18H17NO7. The van der Waals surface area contributed by atoms with E-state index in [2.05, 4.69) is 5.48 Å². The molecule has 0 spiro atoms. The fraction of sp³-hybridized carbons (Fsp3) is 0.167.